The summed E-state index contributed by atoms with van der Waals surface area (Å²) < 4.78 is 30.3. The molecule has 0 spiro atoms. The molecule has 0 unspecified atom stereocenters. The lowest BCUT2D eigenvalue weighted by molar-refractivity contribution is 0.102. The molecule has 6 nitrogen and oxygen atoms in total. The SMILES string of the molecule is Cc1ccc(C)c(S(=O)(=O)Oc2ccc(C(=O)Nc3ccc(Cl)cn3)cc2)c1. The summed E-state index contributed by atoms with van der Waals surface area (Å²) in [5.74, 6) is 0.0769. The van der Waals surface area contributed by atoms with Gasteiger partial charge in [-0.1, -0.05) is 23.7 Å². The van der Waals surface area contributed by atoms with Crippen molar-refractivity contribution < 1.29 is 17.4 Å². The summed E-state index contributed by atoms with van der Waals surface area (Å²) >= 11 is 5.76. The van der Waals surface area contributed by atoms with Crippen molar-refractivity contribution in [1.82, 2.24) is 4.98 Å². The number of aromatic nitrogens is 1. The Balaban J connectivity index is 1.74. The van der Waals surface area contributed by atoms with Gasteiger partial charge in [0.2, 0.25) is 0 Å². The fourth-order valence-corrected chi connectivity index (χ4v) is 3.81. The van der Waals surface area contributed by atoms with Crippen molar-refractivity contribution in [3.05, 3.63) is 82.5 Å². The third-order valence-corrected chi connectivity index (χ3v) is 5.52. The van der Waals surface area contributed by atoms with E-state index in [0.717, 1.165) is 5.56 Å². The summed E-state index contributed by atoms with van der Waals surface area (Å²) in [4.78, 5) is 16.4. The highest BCUT2D eigenvalue weighted by atomic mass is 35.5. The highest BCUT2D eigenvalue weighted by molar-refractivity contribution is 7.87. The minimum atomic E-state index is -3.98. The maximum Gasteiger partial charge on any atom is 0.339 e. The number of hydrogen-bond acceptors (Lipinski definition) is 5. The van der Waals surface area contributed by atoms with Crippen LogP contribution in [0.4, 0.5) is 5.82 Å². The van der Waals surface area contributed by atoms with Crippen molar-refractivity contribution in [3.63, 3.8) is 0 Å². The van der Waals surface area contributed by atoms with Crippen LogP contribution < -0.4 is 9.50 Å². The summed E-state index contributed by atoms with van der Waals surface area (Å²) in [6, 6.07) is 14.1. The first-order chi connectivity index (χ1) is 13.2. The molecule has 0 bridgehead atoms. The van der Waals surface area contributed by atoms with E-state index in [1.54, 1.807) is 38.1 Å². The van der Waals surface area contributed by atoms with Crippen LogP contribution in [0.2, 0.25) is 5.02 Å². The molecule has 3 rings (SSSR count). The Bertz CT molecular complexity index is 1110. The van der Waals surface area contributed by atoms with Gasteiger partial charge in [0.15, 0.2) is 0 Å². The van der Waals surface area contributed by atoms with Crippen LogP contribution in [-0.4, -0.2) is 19.3 Å². The topological polar surface area (TPSA) is 85.4 Å². The average Bonchev–Trinajstić information content (AvgIpc) is 2.65. The first kappa shape index (κ1) is 19.9. The Morgan fingerprint density at radius 3 is 2.39 bits per heavy atom. The predicted molar refractivity (Wildman–Crippen MR) is 107 cm³/mol. The van der Waals surface area contributed by atoms with Crippen molar-refractivity contribution >= 4 is 33.4 Å². The first-order valence-corrected chi connectivity index (χ1v) is 10.1. The first-order valence-electron chi connectivity index (χ1n) is 8.29. The van der Waals surface area contributed by atoms with E-state index < -0.39 is 16.0 Å². The maximum atomic E-state index is 12.5. The zero-order valence-corrected chi connectivity index (χ0v) is 16.7. The Hall–Kier alpha value is -2.90. The molecule has 1 N–H and O–H groups in total. The van der Waals surface area contributed by atoms with Gasteiger partial charge in [0, 0.05) is 11.8 Å². The monoisotopic (exact) mass is 416 g/mol. The molecule has 0 aliphatic rings. The van der Waals surface area contributed by atoms with Crippen molar-refractivity contribution in [1.29, 1.82) is 0 Å². The maximum absolute atomic E-state index is 12.5. The summed E-state index contributed by atoms with van der Waals surface area (Å²) in [7, 11) is -3.98. The number of carbonyl (C=O) groups excluding carboxylic acids is 1. The van der Waals surface area contributed by atoms with Crippen LogP contribution in [0.1, 0.15) is 21.5 Å². The summed E-state index contributed by atoms with van der Waals surface area (Å²) in [6.07, 6.45) is 1.42. The molecule has 0 aliphatic carbocycles. The summed E-state index contributed by atoms with van der Waals surface area (Å²) in [5, 5.41) is 3.09. The zero-order valence-electron chi connectivity index (χ0n) is 15.1. The van der Waals surface area contributed by atoms with Gasteiger partial charge >= 0.3 is 10.1 Å². The van der Waals surface area contributed by atoms with Gasteiger partial charge in [-0.15, -0.1) is 0 Å². The van der Waals surface area contributed by atoms with E-state index in [-0.39, 0.29) is 10.6 Å². The second kappa shape index (κ2) is 8.00. The number of carbonyl (C=O) groups is 1. The standard InChI is InChI=1S/C20H17ClN2O4S/c1-13-3-4-14(2)18(11-13)28(25,26)27-17-8-5-15(6-9-17)20(24)23-19-10-7-16(21)12-22-19/h3-12H,1-2H3,(H,22,23,24). The average molecular weight is 417 g/mol. The molecule has 0 saturated heterocycles. The van der Waals surface area contributed by atoms with Crippen LogP contribution in [0.3, 0.4) is 0 Å². The van der Waals surface area contributed by atoms with Crippen LogP contribution in [-0.2, 0) is 10.1 Å². The number of hydrogen-bond donors (Lipinski definition) is 1. The largest absolute Gasteiger partial charge is 0.379 e. The number of pyridine rings is 1. The van der Waals surface area contributed by atoms with Gasteiger partial charge in [0.05, 0.1) is 5.02 Å². The van der Waals surface area contributed by atoms with Crippen LogP contribution in [0, 0.1) is 13.8 Å². The molecule has 0 atom stereocenters. The molecule has 144 valence electrons. The molecule has 28 heavy (non-hydrogen) atoms. The molecule has 0 fully saturated rings. The number of amides is 1. The van der Waals surface area contributed by atoms with E-state index >= 15 is 0 Å². The molecule has 0 saturated carbocycles. The van der Waals surface area contributed by atoms with Crippen molar-refractivity contribution in [2.45, 2.75) is 18.7 Å². The van der Waals surface area contributed by atoms with Gasteiger partial charge in [-0.2, -0.15) is 8.42 Å². The van der Waals surface area contributed by atoms with Crippen molar-refractivity contribution in [3.8, 4) is 5.75 Å². The molecule has 1 heterocycles. The zero-order chi connectivity index (χ0) is 20.3. The molecule has 1 aromatic heterocycles. The fourth-order valence-electron chi connectivity index (χ4n) is 2.45. The normalized spacial score (nSPS) is 11.1. The highest BCUT2D eigenvalue weighted by Crippen LogP contribution is 2.23. The number of benzene rings is 2. The minimum Gasteiger partial charge on any atom is -0.379 e. The van der Waals surface area contributed by atoms with Crippen molar-refractivity contribution in [2.24, 2.45) is 0 Å². The lowest BCUT2D eigenvalue weighted by atomic mass is 10.2. The lowest BCUT2D eigenvalue weighted by Crippen LogP contribution is -2.13. The predicted octanol–water partition coefficient (Wildman–Crippen LogP) is 4.37. The quantitative estimate of drug-likeness (QED) is 0.624. The van der Waals surface area contributed by atoms with E-state index in [1.807, 2.05) is 6.07 Å². The molecule has 1 amide bonds. The van der Waals surface area contributed by atoms with Crippen molar-refractivity contribution in [2.75, 3.05) is 5.32 Å². The third kappa shape index (κ3) is 4.68. The Kier molecular flexibility index (Phi) is 5.67. The highest BCUT2D eigenvalue weighted by Gasteiger charge is 2.19. The third-order valence-electron chi connectivity index (χ3n) is 3.90. The molecular weight excluding hydrogens is 400 g/mol. The summed E-state index contributed by atoms with van der Waals surface area (Å²) in [5.41, 5.74) is 1.74. The van der Waals surface area contributed by atoms with E-state index in [2.05, 4.69) is 10.3 Å². The second-order valence-corrected chi connectivity index (χ2v) is 8.10. The van der Waals surface area contributed by atoms with Gasteiger partial charge in [-0.05, 0) is 67.4 Å². The molecular formula is C20H17ClN2O4S. The number of halogens is 1. The van der Waals surface area contributed by atoms with E-state index in [1.165, 1.54) is 30.5 Å². The molecule has 8 heteroatoms. The lowest BCUT2D eigenvalue weighted by Gasteiger charge is -2.10. The van der Waals surface area contributed by atoms with Gasteiger partial charge in [0.25, 0.3) is 5.91 Å². The minimum absolute atomic E-state index is 0.113. The Morgan fingerprint density at radius 2 is 1.75 bits per heavy atom. The van der Waals surface area contributed by atoms with Gasteiger partial charge in [-0.3, -0.25) is 4.79 Å². The van der Waals surface area contributed by atoms with E-state index in [4.69, 9.17) is 15.8 Å². The number of aryl methyl sites for hydroxylation is 2. The van der Waals surface area contributed by atoms with Crippen LogP contribution >= 0.6 is 11.6 Å². The Labute approximate surface area is 168 Å². The second-order valence-electron chi connectivity index (χ2n) is 6.15. The molecule has 0 radical (unpaired) electrons. The molecule has 2 aromatic carbocycles. The Morgan fingerprint density at radius 1 is 1.04 bits per heavy atom. The van der Waals surface area contributed by atoms with Gasteiger partial charge < -0.3 is 9.50 Å². The van der Waals surface area contributed by atoms with E-state index in [0.29, 0.717) is 22.0 Å². The molecule has 3 aromatic rings. The van der Waals surface area contributed by atoms with Gasteiger partial charge in [0.1, 0.15) is 16.5 Å². The van der Waals surface area contributed by atoms with E-state index in [9.17, 15) is 13.2 Å². The molecule has 0 aliphatic heterocycles. The van der Waals surface area contributed by atoms with Crippen LogP contribution in [0.25, 0.3) is 0 Å². The smallest absolute Gasteiger partial charge is 0.339 e. The van der Waals surface area contributed by atoms with Gasteiger partial charge in [-0.25, -0.2) is 4.98 Å². The van der Waals surface area contributed by atoms with Crippen LogP contribution in [0.5, 0.6) is 5.75 Å². The number of rotatable bonds is 5. The fraction of sp³-hybridized carbons (Fsp3) is 0.100. The number of nitrogens with one attached hydrogen (secondary N) is 1. The number of anilines is 1. The number of nitrogens with zero attached hydrogens (tertiary/aromatic N) is 1. The summed E-state index contributed by atoms with van der Waals surface area (Å²) in [6.45, 7) is 3.51. The van der Waals surface area contributed by atoms with Crippen LogP contribution in [0.15, 0.2) is 65.7 Å².